The van der Waals surface area contributed by atoms with Gasteiger partial charge in [0.05, 0.1) is 26.5 Å². The van der Waals surface area contributed by atoms with Crippen molar-refractivity contribution >= 4 is 10.0 Å². The highest BCUT2D eigenvalue weighted by Crippen LogP contribution is 2.57. The summed E-state index contributed by atoms with van der Waals surface area (Å²) in [6.45, 7) is 1.26. The van der Waals surface area contributed by atoms with Crippen LogP contribution in [-0.2, 0) is 35.7 Å². The molecule has 0 radical (unpaired) electrons. The van der Waals surface area contributed by atoms with Crippen molar-refractivity contribution in [3.8, 4) is 46.0 Å². The van der Waals surface area contributed by atoms with Crippen LogP contribution in [0.5, 0.6) is 46.0 Å². The highest BCUT2D eigenvalue weighted by Gasteiger charge is 2.40. The number of sulfonamides is 1. The van der Waals surface area contributed by atoms with E-state index in [4.69, 9.17) is 23.7 Å². The van der Waals surface area contributed by atoms with Gasteiger partial charge >= 0.3 is 0 Å². The Kier molecular flexibility index (Phi) is 6.93. The molecule has 4 aromatic carbocycles. The molecule has 0 amide bonds. The lowest BCUT2D eigenvalue weighted by Crippen LogP contribution is -2.40. The van der Waals surface area contributed by atoms with Gasteiger partial charge in [0.25, 0.3) is 0 Å². The van der Waals surface area contributed by atoms with Crippen molar-refractivity contribution in [3.63, 3.8) is 0 Å². The van der Waals surface area contributed by atoms with Crippen LogP contribution in [0.3, 0.4) is 0 Å². The molecule has 9 nitrogen and oxygen atoms in total. The summed E-state index contributed by atoms with van der Waals surface area (Å²) in [5, 5.41) is 0. The predicted octanol–water partition coefficient (Wildman–Crippen LogP) is 6.58. The van der Waals surface area contributed by atoms with Gasteiger partial charge in [0.2, 0.25) is 15.8 Å². The van der Waals surface area contributed by atoms with Gasteiger partial charge in [-0.05, 0) is 103 Å². The van der Waals surface area contributed by atoms with Crippen molar-refractivity contribution in [1.29, 1.82) is 0 Å². The Hall–Kier alpha value is -4.25. The molecular formula is C36H36N2O7S. The summed E-state index contributed by atoms with van der Waals surface area (Å²) in [5.74, 6) is 4.77. The Bertz CT molecular complexity index is 1980. The lowest BCUT2D eigenvalue weighted by Gasteiger charge is -2.39. The Morgan fingerprint density at radius 2 is 1.41 bits per heavy atom. The topological polar surface area (TPSA) is 86.8 Å². The van der Waals surface area contributed by atoms with Crippen LogP contribution in [0.4, 0.5) is 0 Å². The average Bonchev–Trinajstić information content (AvgIpc) is 3.04. The molecule has 46 heavy (non-hydrogen) atoms. The van der Waals surface area contributed by atoms with Gasteiger partial charge < -0.3 is 23.7 Å². The molecule has 5 aliphatic heterocycles. The number of hydrogen-bond donors (Lipinski definition) is 0. The molecule has 5 aliphatic rings. The van der Waals surface area contributed by atoms with Gasteiger partial charge in [-0.25, -0.2) is 8.42 Å². The first kappa shape index (κ1) is 29.2. The van der Waals surface area contributed by atoms with E-state index < -0.39 is 16.1 Å². The molecule has 5 heterocycles. The first-order chi connectivity index (χ1) is 22.2. The fourth-order valence-corrected chi connectivity index (χ4v) is 8.47. The van der Waals surface area contributed by atoms with Gasteiger partial charge in [-0.2, -0.15) is 4.31 Å². The van der Waals surface area contributed by atoms with E-state index in [-0.39, 0.29) is 6.04 Å². The van der Waals surface area contributed by atoms with Gasteiger partial charge in [-0.1, -0.05) is 18.2 Å². The summed E-state index contributed by atoms with van der Waals surface area (Å²) < 4.78 is 59.3. The molecule has 4 aromatic rings. The molecule has 7 bridgehead atoms. The number of benzene rings is 4. The first-order valence-corrected chi connectivity index (χ1v) is 17.4. The van der Waals surface area contributed by atoms with Gasteiger partial charge in [0.1, 0.15) is 5.75 Å². The number of rotatable bonds is 3. The highest BCUT2D eigenvalue weighted by molar-refractivity contribution is 7.88. The number of nitrogens with zero attached hydrogens (tertiary/aromatic N) is 2. The third kappa shape index (κ3) is 4.87. The lowest BCUT2D eigenvalue weighted by atomic mass is 9.87. The minimum Gasteiger partial charge on any atom is -0.493 e. The van der Waals surface area contributed by atoms with E-state index in [2.05, 4.69) is 36.2 Å². The SMILES string of the molecule is COc1ccc2cc1Oc1ccc(cc1)C[C@H]1c3c(cc(OC)c4c3Oc3cc5c(cc3O4)CCN(C)[C@H]5C2)CCN1S(C)(=O)=O. The largest absolute Gasteiger partial charge is 0.493 e. The van der Waals surface area contributed by atoms with Gasteiger partial charge in [-0.15, -0.1) is 0 Å². The van der Waals surface area contributed by atoms with Crippen LogP contribution in [0.2, 0.25) is 0 Å². The smallest absolute Gasteiger partial charge is 0.212 e. The van der Waals surface area contributed by atoms with E-state index in [0.29, 0.717) is 65.4 Å². The molecule has 0 aromatic heterocycles. The molecule has 9 rings (SSSR count). The summed E-state index contributed by atoms with van der Waals surface area (Å²) in [6.07, 6.45) is 3.87. The van der Waals surface area contributed by atoms with Gasteiger partial charge in [0, 0.05) is 24.7 Å². The summed E-state index contributed by atoms with van der Waals surface area (Å²) in [6, 6.07) is 19.7. The molecule has 0 saturated carbocycles. The summed E-state index contributed by atoms with van der Waals surface area (Å²) >= 11 is 0. The van der Waals surface area contributed by atoms with E-state index in [9.17, 15) is 8.42 Å². The van der Waals surface area contributed by atoms with Crippen LogP contribution in [-0.4, -0.2) is 58.2 Å². The molecule has 0 saturated heterocycles. The molecule has 238 valence electrons. The van der Waals surface area contributed by atoms with Crippen molar-refractivity contribution in [3.05, 3.63) is 94.0 Å². The highest BCUT2D eigenvalue weighted by atomic mass is 32.2. The number of ether oxygens (including phenoxy) is 5. The van der Waals surface area contributed by atoms with Crippen LogP contribution in [0.15, 0.2) is 60.7 Å². The maximum atomic E-state index is 13.2. The van der Waals surface area contributed by atoms with Crippen molar-refractivity contribution < 1.29 is 32.1 Å². The van der Waals surface area contributed by atoms with Crippen LogP contribution in [0, 0.1) is 0 Å². The maximum absolute atomic E-state index is 13.2. The van der Waals surface area contributed by atoms with E-state index in [0.717, 1.165) is 41.6 Å². The van der Waals surface area contributed by atoms with Crippen LogP contribution >= 0.6 is 0 Å². The summed E-state index contributed by atoms with van der Waals surface area (Å²) in [4.78, 5) is 2.37. The normalized spacial score (nSPS) is 20.2. The molecule has 0 N–H and O–H groups in total. The third-order valence-corrected chi connectivity index (χ3v) is 11.0. The second kappa shape index (κ2) is 10.9. The number of likely N-dealkylation sites (N-methyl/N-ethyl adjacent to an activating group) is 1. The number of hydrogen-bond acceptors (Lipinski definition) is 8. The fraction of sp³-hybridized carbons (Fsp3) is 0.333. The monoisotopic (exact) mass is 640 g/mol. The van der Waals surface area contributed by atoms with E-state index >= 15 is 0 Å². The standard InChI is InChI=1S/C36H36N2O7S/c1-37-13-11-23-18-31-32-20-26(23)27(37)16-22-7-10-29(41-2)30(17-22)43-25-8-5-21(6-9-25)15-28-34-24(12-14-38(28)46(4,39)40)19-33(42-3)35(44-31)36(34)45-32/h5-10,17-20,27-28H,11-16H2,1-4H3/t27-,28-/m0/s1. The van der Waals surface area contributed by atoms with Crippen molar-refractivity contribution in [2.45, 2.75) is 37.8 Å². The molecule has 0 fully saturated rings. The summed E-state index contributed by atoms with van der Waals surface area (Å²) in [7, 11) is 1.86. The maximum Gasteiger partial charge on any atom is 0.212 e. The molecule has 10 heteroatoms. The lowest BCUT2D eigenvalue weighted by molar-refractivity contribution is 0.227. The Balaban J connectivity index is 1.35. The zero-order valence-corrected chi connectivity index (χ0v) is 27.1. The first-order valence-electron chi connectivity index (χ1n) is 15.6. The van der Waals surface area contributed by atoms with E-state index in [1.807, 2.05) is 36.4 Å². The zero-order chi connectivity index (χ0) is 31.7. The zero-order valence-electron chi connectivity index (χ0n) is 26.3. The Morgan fingerprint density at radius 1 is 0.717 bits per heavy atom. The molecule has 2 atom stereocenters. The Labute approximate surface area is 269 Å². The predicted molar refractivity (Wildman–Crippen MR) is 174 cm³/mol. The van der Waals surface area contributed by atoms with Crippen LogP contribution in [0.25, 0.3) is 0 Å². The van der Waals surface area contributed by atoms with Gasteiger partial charge in [-0.3, -0.25) is 4.90 Å². The van der Waals surface area contributed by atoms with Crippen molar-refractivity contribution in [1.82, 2.24) is 9.21 Å². The van der Waals surface area contributed by atoms with Crippen molar-refractivity contribution in [2.24, 2.45) is 0 Å². The average molecular weight is 641 g/mol. The third-order valence-electron chi connectivity index (χ3n) is 9.75. The van der Waals surface area contributed by atoms with Crippen molar-refractivity contribution in [2.75, 3.05) is 40.6 Å². The van der Waals surface area contributed by atoms with Crippen LogP contribution in [0.1, 0.15) is 45.5 Å². The van der Waals surface area contributed by atoms with E-state index in [1.165, 1.54) is 17.4 Å². The quantitative estimate of drug-likeness (QED) is 0.219. The second-order valence-corrected chi connectivity index (χ2v) is 14.5. The molecular weight excluding hydrogens is 604 g/mol. The number of fused-ring (bicyclic) bond motifs is 2. The number of methoxy groups -OCH3 is 2. The molecule has 0 spiro atoms. The minimum atomic E-state index is -3.55. The second-order valence-electron chi connectivity index (χ2n) is 12.5. The van der Waals surface area contributed by atoms with Gasteiger partial charge in [0.15, 0.2) is 34.5 Å². The Morgan fingerprint density at radius 3 is 2.17 bits per heavy atom. The molecule has 0 unspecified atom stereocenters. The fourth-order valence-electron chi connectivity index (χ4n) is 7.41. The molecule has 0 aliphatic carbocycles. The van der Waals surface area contributed by atoms with Crippen LogP contribution < -0.4 is 23.7 Å². The summed E-state index contributed by atoms with van der Waals surface area (Å²) in [5.41, 5.74) is 6.28. The minimum absolute atomic E-state index is 0.0890. The van der Waals surface area contributed by atoms with E-state index in [1.54, 1.807) is 18.5 Å².